The van der Waals surface area contributed by atoms with Crippen molar-refractivity contribution in [2.45, 2.75) is 0 Å². The van der Waals surface area contributed by atoms with Crippen molar-refractivity contribution in [1.82, 2.24) is 0 Å². The number of rotatable bonds is 4. The Kier molecular flexibility index (Phi) is 4.14. The Hall–Kier alpha value is -1.27. The van der Waals surface area contributed by atoms with Gasteiger partial charge in [-0.15, -0.1) is 11.6 Å². The second kappa shape index (κ2) is 5.18. The fraction of sp³-hybridized carbons (Fsp3) is 0.222. The summed E-state index contributed by atoms with van der Waals surface area (Å²) < 4.78 is 29.2. The third-order valence-corrected chi connectivity index (χ3v) is 3.42. The smallest absolute Gasteiger partial charge is 0.339 e. The summed E-state index contributed by atoms with van der Waals surface area (Å²) >= 11 is 5.24. The van der Waals surface area contributed by atoms with Crippen LogP contribution < -0.4 is 4.72 Å². The molecule has 16 heavy (non-hydrogen) atoms. The second-order valence-electron chi connectivity index (χ2n) is 2.86. The first-order chi connectivity index (χ1) is 7.50. The number of hydrogen-bond acceptors (Lipinski definition) is 4. The summed E-state index contributed by atoms with van der Waals surface area (Å²) in [5.41, 5.74) is 0.286. The molecule has 0 saturated heterocycles. The van der Waals surface area contributed by atoms with Gasteiger partial charge in [-0.1, -0.05) is 12.1 Å². The van der Waals surface area contributed by atoms with Crippen LogP contribution in [0.2, 0.25) is 0 Å². The molecule has 0 aliphatic heterocycles. The van der Waals surface area contributed by atoms with E-state index in [1.165, 1.54) is 19.2 Å². The van der Waals surface area contributed by atoms with Gasteiger partial charge in [0.1, 0.15) is 5.21 Å². The van der Waals surface area contributed by atoms with Gasteiger partial charge in [0.2, 0.25) is 10.0 Å². The van der Waals surface area contributed by atoms with E-state index in [9.17, 15) is 13.2 Å². The summed E-state index contributed by atoms with van der Waals surface area (Å²) in [5.74, 6) is -0.618. The minimum atomic E-state index is -3.63. The molecule has 0 saturated carbocycles. The third kappa shape index (κ3) is 3.11. The summed E-state index contributed by atoms with van der Waals surface area (Å²) in [6.45, 7) is 0. The minimum Gasteiger partial charge on any atom is -0.465 e. The number of para-hydroxylation sites is 1. The molecule has 1 aromatic carbocycles. The second-order valence-corrected chi connectivity index (χ2v) is 5.17. The first-order valence-corrected chi connectivity index (χ1v) is 6.42. The van der Waals surface area contributed by atoms with Gasteiger partial charge in [0.15, 0.2) is 0 Å². The number of carbonyl (C=O) groups excluding carboxylic acids is 1. The molecule has 7 heteroatoms. The average Bonchev–Trinajstić information content (AvgIpc) is 2.28. The fourth-order valence-corrected chi connectivity index (χ4v) is 1.79. The summed E-state index contributed by atoms with van der Waals surface area (Å²) in [7, 11) is -2.41. The van der Waals surface area contributed by atoms with E-state index in [0.29, 0.717) is 0 Å². The van der Waals surface area contributed by atoms with Gasteiger partial charge in [0, 0.05) is 0 Å². The molecule has 0 aromatic heterocycles. The number of benzene rings is 1. The highest BCUT2D eigenvalue weighted by Gasteiger charge is 2.15. The quantitative estimate of drug-likeness (QED) is 0.659. The Morgan fingerprint density at radius 3 is 2.62 bits per heavy atom. The van der Waals surface area contributed by atoms with E-state index in [-0.39, 0.29) is 11.3 Å². The fourth-order valence-electron chi connectivity index (χ4n) is 1.05. The summed E-state index contributed by atoms with van der Waals surface area (Å²) in [5, 5.41) is -0.581. The maximum Gasteiger partial charge on any atom is 0.339 e. The van der Waals surface area contributed by atoms with Gasteiger partial charge >= 0.3 is 5.97 Å². The van der Waals surface area contributed by atoms with Crippen molar-refractivity contribution in [2.75, 3.05) is 17.0 Å². The zero-order valence-electron chi connectivity index (χ0n) is 8.44. The topological polar surface area (TPSA) is 72.5 Å². The van der Waals surface area contributed by atoms with E-state index in [2.05, 4.69) is 9.46 Å². The van der Waals surface area contributed by atoms with E-state index < -0.39 is 21.2 Å². The molecule has 1 N–H and O–H groups in total. The lowest BCUT2D eigenvalue weighted by atomic mass is 10.2. The standard InChI is InChI=1S/C9H10ClNO4S/c1-15-9(12)7-4-2-3-5-8(7)11-16(13,14)6-10/h2-5,11H,6H2,1H3. The molecule has 0 amide bonds. The van der Waals surface area contributed by atoms with Crippen molar-refractivity contribution >= 4 is 33.3 Å². The highest BCUT2D eigenvalue weighted by Crippen LogP contribution is 2.17. The van der Waals surface area contributed by atoms with Gasteiger partial charge in [-0.05, 0) is 12.1 Å². The number of sulfonamides is 1. The maximum absolute atomic E-state index is 11.3. The van der Waals surface area contributed by atoms with Crippen LogP contribution in [0, 0.1) is 0 Å². The van der Waals surface area contributed by atoms with E-state index in [4.69, 9.17) is 11.6 Å². The van der Waals surface area contributed by atoms with Crippen molar-refractivity contribution < 1.29 is 17.9 Å². The largest absolute Gasteiger partial charge is 0.465 e. The van der Waals surface area contributed by atoms with Gasteiger partial charge in [-0.25, -0.2) is 13.2 Å². The molecular weight excluding hydrogens is 254 g/mol. The van der Waals surface area contributed by atoms with E-state index >= 15 is 0 Å². The van der Waals surface area contributed by atoms with Crippen LogP contribution in [-0.2, 0) is 14.8 Å². The molecule has 0 unspecified atom stereocenters. The van der Waals surface area contributed by atoms with Crippen molar-refractivity contribution in [3.05, 3.63) is 29.8 Å². The van der Waals surface area contributed by atoms with Crippen molar-refractivity contribution in [3.63, 3.8) is 0 Å². The van der Waals surface area contributed by atoms with Crippen LogP contribution in [0.1, 0.15) is 10.4 Å². The Labute approximate surface area is 98.4 Å². The van der Waals surface area contributed by atoms with Gasteiger partial charge in [-0.2, -0.15) is 0 Å². The molecule has 0 atom stereocenters. The molecule has 0 radical (unpaired) electrons. The number of hydrogen-bond donors (Lipinski definition) is 1. The first kappa shape index (κ1) is 12.8. The normalized spacial score (nSPS) is 10.9. The van der Waals surface area contributed by atoms with Crippen LogP contribution in [0.25, 0.3) is 0 Å². The Morgan fingerprint density at radius 2 is 2.06 bits per heavy atom. The number of ether oxygens (including phenoxy) is 1. The maximum atomic E-state index is 11.3. The highest BCUT2D eigenvalue weighted by atomic mass is 35.5. The zero-order valence-corrected chi connectivity index (χ0v) is 10.0. The zero-order chi connectivity index (χ0) is 12.2. The summed E-state index contributed by atoms with van der Waals surface area (Å²) in [6.07, 6.45) is 0. The molecule has 1 rings (SSSR count). The van der Waals surface area contributed by atoms with Crippen molar-refractivity contribution in [3.8, 4) is 0 Å². The highest BCUT2D eigenvalue weighted by molar-refractivity contribution is 7.93. The number of anilines is 1. The van der Waals surface area contributed by atoms with Gasteiger partial charge in [0.25, 0.3) is 0 Å². The predicted octanol–water partition coefficient (Wildman–Crippen LogP) is 1.41. The Morgan fingerprint density at radius 1 is 1.44 bits per heavy atom. The van der Waals surface area contributed by atoms with Gasteiger partial charge < -0.3 is 4.74 Å². The molecular formula is C9H10ClNO4S. The monoisotopic (exact) mass is 263 g/mol. The van der Waals surface area contributed by atoms with E-state index in [1.54, 1.807) is 12.1 Å². The van der Waals surface area contributed by atoms with Crippen molar-refractivity contribution in [2.24, 2.45) is 0 Å². The Balaban J connectivity index is 3.10. The molecule has 0 bridgehead atoms. The Bertz CT molecular complexity index is 486. The first-order valence-electron chi connectivity index (χ1n) is 4.24. The summed E-state index contributed by atoms with van der Waals surface area (Å²) in [6, 6.07) is 6.11. The van der Waals surface area contributed by atoms with Crippen LogP contribution in [0.5, 0.6) is 0 Å². The number of alkyl halides is 1. The molecule has 0 aliphatic rings. The predicted molar refractivity (Wildman–Crippen MR) is 61.0 cm³/mol. The average molecular weight is 264 g/mol. The number of nitrogens with one attached hydrogen (secondary N) is 1. The number of methoxy groups -OCH3 is 1. The van der Waals surface area contributed by atoms with Crippen LogP contribution in [0.15, 0.2) is 24.3 Å². The van der Waals surface area contributed by atoms with Crippen molar-refractivity contribution in [1.29, 1.82) is 0 Å². The molecule has 1 aromatic rings. The van der Waals surface area contributed by atoms with Gasteiger partial charge in [0.05, 0.1) is 18.4 Å². The van der Waals surface area contributed by atoms with Crippen LogP contribution in [-0.4, -0.2) is 26.7 Å². The number of carbonyl (C=O) groups is 1. The summed E-state index contributed by atoms with van der Waals surface area (Å²) in [4.78, 5) is 11.3. The van der Waals surface area contributed by atoms with Crippen LogP contribution >= 0.6 is 11.6 Å². The number of halogens is 1. The molecule has 0 fully saturated rings. The molecule has 5 nitrogen and oxygen atoms in total. The molecule has 88 valence electrons. The molecule has 0 spiro atoms. The van der Waals surface area contributed by atoms with E-state index in [0.717, 1.165) is 0 Å². The van der Waals surface area contributed by atoms with Gasteiger partial charge in [-0.3, -0.25) is 4.72 Å². The molecule has 0 aliphatic carbocycles. The minimum absolute atomic E-state index is 0.138. The third-order valence-electron chi connectivity index (χ3n) is 1.74. The lowest BCUT2D eigenvalue weighted by molar-refractivity contribution is 0.0602. The van der Waals surface area contributed by atoms with Crippen LogP contribution in [0.4, 0.5) is 5.69 Å². The van der Waals surface area contributed by atoms with E-state index in [1.807, 2.05) is 0 Å². The number of esters is 1. The molecule has 0 heterocycles. The lowest BCUT2D eigenvalue weighted by Gasteiger charge is -2.09. The SMILES string of the molecule is COC(=O)c1ccccc1NS(=O)(=O)CCl. The van der Waals surface area contributed by atoms with Crippen LogP contribution in [0.3, 0.4) is 0 Å². The lowest BCUT2D eigenvalue weighted by Crippen LogP contribution is -2.16.